The zero-order chi connectivity index (χ0) is 14.7. The molecule has 5 nitrogen and oxygen atoms in total. The van der Waals surface area contributed by atoms with Crippen molar-refractivity contribution in [3.8, 4) is 5.69 Å². The van der Waals surface area contributed by atoms with E-state index < -0.39 is 0 Å². The number of nitrogens with zero attached hydrogens (tertiary/aromatic N) is 4. The largest absolute Gasteiger partial charge is 0.328 e. The molecule has 2 atom stereocenters. The maximum absolute atomic E-state index is 6.04. The molecule has 2 heterocycles. The molecule has 1 fully saturated rings. The Balaban J connectivity index is 0.00000176. The first-order chi connectivity index (χ1) is 10.2. The molecule has 2 aromatic rings. The first-order valence-corrected chi connectivity index (χ1v) is 7.67. The van der Waals surface area contributed by atoms with Gasteiger partial charge >= 0.3 is 0 Å². The zero-order valence-corrected chi connectivity index (χ0v) is 13.7. The van der Waals surface area contributed by atoms with Crippen LogP contribution in [0.2, 0.25) is 0 Å². The van der Waals surface area contributed by atoms with Crippen molar-refractivity contribution in [3.05, 3.63) is 42.2 Å². The molecule has 120 valence electrons. The second-order valence-electron chi connectivity index (χ2n) is 5.96. The summed E-state index contributed by atoms with van der Waals surface area (Å²) in [5.41, 5.74) is 8.06. The van der Waals surface area contributed by atoms with Crippen LogP contribution in [-0.4, -0.2) is 39.0 Å². The zero-order valence-electron chi connectivity index (χ0n) is 12.9. The van der Waals surface area contributed by atoms with E-state index in [0.29, 0.717) is 5.92 Å². The molecule has 2 N–H and O–H groups in total. The molecular weight excluding hydrogens is 298 g/mol. The first-order valence-electron chi connectivity index (χ1n) is 7.67. The lowest BCUT2D eigenvalue weighted by Crippen LogP contribution is -2.42. The van der Waals surface area contributed by atoms with Crippen LogP contribution in [0.4, 0.5) is 0 Å². The number of piperidine rings is 1. The van der Waals surface area contributed by atoms with Gasteiger partial charge in [-0.25, -0.2) is 0 Å². The summed E-state index contributed by atoms with van der Waals surface area (Å²) in [6, 6.07) is 10.3. The molecule has 3 rings (SSSR count). The van der Waals surface area contributed by atoms with Gasteiger partial charge in [-0.1, -0.05) is 18.2 Å². The van der Waals surface area contributed by atoms with Gasteiger partial charge in [-0.3, -0.25) is 4.90 Å². The molecular formula is C16H24ClN5. The molecule has 22 heavy (non-hydrogen) atoms. The Morgan fingerprint density at radius 1 is 1.32 bits per heavy atom. The van der Waals surface area contributed by atoms with Crippen LogP contribution >= 0.6 is 12.4 Å². The lowest BCUT2D eigenvalue weighted by molar-refractivity contribution is 0.152. The summed E-state index contributed by atoms with van der Waals surface area (Å²) in [4.78, 5) is 4.14. The Bertz CT molecular complexity index is 569. The number of hydrogen-bond acceptors (Lipinski definition) is 4. The molecule has 1 aromatic carbocycles. The number of aromatic nitrogens is 3. The molecule has 0 bridgehead atoms. The number of benzene rings is 1. The van der Waals surface area contributed by atoms with Gasteiger partial charge in [0.15, 0.2) is 0 Å². The number of halogens is 1. The van der Waals surface area contributed by atoms with Crippen LogP contribution in [0, 0.1) is 5.92 Å². The Labute approximate surface area is 137 Å². The molecule has 0 saturated carbocycles. The van der Waals surface area contributed by atoms with Crippen LogP contribution in [0.25, 0.3) is 5.69 Å². The summed E-state index contributed by atoms with van der Waals surface area (Å²) in [7, 11) is 0. The number of para-hydroxylation sites is 1. The smallest absolute Gasteiger partial charge is 0.0971 e. The second-order valence-corrected chi connectivity index (χ2v) is 5.96. The van der Waals surface area contributed by atoms with E-state index in [0.717, 1.165) is 31.0 Å². The van der Waals surface area contributed by atoms with Crippen LogP contribution in [0.5, 0.6) is 0 Å². The van der Waals surface area contributed by atoms with E-state index in [1.165, 1.54) is 12.8 Å². The summed E-state index contributed by atoms with van der Waals surface area (Å²) in [5, 5.41) is 8.94. The van der Waals surface area contributed by atoms with E-state index >= 15 is 0 Å². The van der Waals surface area contributed by atoms with Gasteiger partial charge in [-0.15, -0.1) is 12.4 Å². The van der Waals surface area contributed by atoms with Crippen molar-refractivity contribution in [2.75, 3.05) is 13.1 Å². The van der Waals surface area contributed by atoms with Crippen molar-refractivity contribution in [3.63, 3.8) is 0 Å². The molecule has 1 saturated heterocycles. The van der Waals surface area contributed by atoms with E-state index in [1.807, 2.05) is 36.5 Å². The molecule has 1 aromatic heterocycles. The van der Waals surface area contributed by atoms with Crippen LogP contribution in [-0.2, 0) is 6.54 Å². The minimum atomic E-state index is 0. The highest BCUT2D eigenvalue weighted by molar-refractivity contribution is 5.85. The third kappa shape index (κ3) is 4.06. The lowest BCUT2D eigenvalue weighted by atomic mass is 9.92. The average molecular weight is 322 g/mol. The molecule has 1 aliphatic rings. The third-order valence-corrected chi connectivity index (χ3v) is 4.20. The van der Waals surface area contributed by atoms with E-state index in [4.69, 9.17) is 5.73 Å². The van der Waals surface area contributed by atoms with Crippen molar-refractivity contribution in [2.24, 2.45) is 11.7 Å². The molecule has 0 radical (unpaired) electrons. The van der Waals surface area contributed by atoms with Gasteiger partial charge in [-0.05, 0) is 44.4 Å². The Morgan fingerprint density at radius 2 is 2.09 bits per heavy atom. The second kappa shape index (κ2) is 7.72. The summed E-state index contributed by atoms with van der Waals surface area (Å²) in [5.74, 6) is 0.600. The quantitative estimate of drug-likeness (QED) is 0.938. The average Bonchev–Trinajstić information content (AvgIpc) is 2.97. The van der Waals surface area contributed by atoms with E-state index in [-0.39, 0.29) is 18.4 Å². The van der Waals surface area contributed by atoms with Crippen LogP contribution in [0.15, 0.2) is 36.5 Å². The fourth-order valence-corrected chi connectivity index (χ4v) is 2.95. The standard InChI is InChI=1S/C16H23N5.ClH/c1-13(17)14-6-5-9-20(11-14)12-15-10-18-21(19-15)16-7-3-2-4-8-16;/h2-4,7-8,10,13-14H,5-6,9,11-12,17H2,1H3;1H. The van der Waals surface area contributed by atoms with Crippen LogP contribution in [0.1, 0.15) is 25.5 Å². The fourth-order valence-electron chi connectivity index (χ4n) is 2.95. The molecule has 6 heteroatoms. The predicted octanol–water partition coefficient (Wildman–Crippen LogP) is 2.25. The monoisotopic (exact) mass is 321 g/mol. The van der Waals surface area contributed by atoms with E-state index in [1.54, 1.807) is 4.80 Å². The van der Waals surface area contributed by atoms with Gasteiger partial charge in [0.1, 0.15) is 0 Å². The van der Waals surface area contributed by atoms with Gasteiger partial charge in [-0.2, -0.15) is 15.0 Å². The number of hydrogen-bond donors (Lipinski definition) is 1. The van der Waals surface area contributed by atoms with Gasteiger partial charge in [0, 0.05) is 19.1 Å². The van der Waals surface area contributed by atoms with Crippen molar-refractivity contribution in [1.82, 2.24) is 19.9 Å². The van der Waals surface area contributed by atoms with Crippen LogP contribution < -0.4 is 5.73 Å². The summed E-state index contributed by atoms with van der Waals surface area (Å²) < 4.78 is 0. The van der Waals surface area contributed by atoms with Gasteiger partial charge in [0.2, 0.25) is 0 Å². The lowest BCUT2D eigenvalue weighted by Gasteiger charge is -2.34. The molecule has 0 aliphatic carbocycles. The highest BCUT2D eigenvalue weighted by Gasteiger charge is 2.23. The maximum atomic E-state index is 6.04. The minimum Gasteiger partial charge on any atom is -0.328 e. The van der Waals surface area contributed by atoms with Gasteiger partial charge in [0.25, 0.3) is 0 Å². The number of rotatable bonds is 4. The fraction of sp³-hybridized carbons (Fsp3) is 0.500. The summed E-state index contributed by atoms with van der Waals surface area (Å²) in [6.07, 6.45) is 4.33. The van der Waals surface area contributed by atoms with Crippen molar-refractivity contribution >= 4 is 12.4 Å². The maximum Gasteiger partial charge on any atom is 0.0971 e. The van der Waals surface area contributed by atoms with Crippen molar-refractivity contribution in [2.45, 2.75) is 32.4 Å². The van der Waals surface area contributed by atoms with Crippen LogP contribution in [0.3, 0.4) is 0 Å². The van der Waals surface area contributed by atoms with Gasteiger partial charge in [0.05, 0.1) is 17.6 Å². The number of likely N-dealkylation sites (tertiary alicyclic amines) is 1. The molecule has 1 aliphatic heterocycles. The SMILES string of the molecule is CC(N)C1CCCN(Cc2cnn(-c3ccccc3)n2)C1.Cl. The van der Waals surface area contributed by atoms with Crippen molar-refractivity contribution < 1.29 is 0 Å². The normalized spacial score (nSPS) is 20.4. The molecule has 0 spiro atoms. The number of nitrogens with two attached hydrogens (primary N) is 1. The Morgan fingerprint density at radius 3 is 2.82 bits per heavy atom. The van der Waals surface area contributed by atoms with Crippen molar-refractivity contribution in [1.29, 1.82) is 0 Å². The summed E-state index contributed by atoms with van der Waals surface area (Å²) >= 11 is 0. The summed E-state index contributed by atoms with van der Waals surface area (Å²) in [6.45, 7) is 5.16. The Hall–Kier alpha value is -1.43. The van der Waals surface area contributed by atoms with E-state index in [2.05, 4.69) is 22.0 Å². The Kier molecular flexibility index (Phi) is 5.94. The topological polar surface area (TPSA) is 60.0 Å². The minimum absolute atomic E-state index is 0. The highest BCUT2D eigenvalue weighted by atomic mass is 35.5. The third-order valence-electron chi connectivity index (χ3n) is 4.20. The predicted molar refractivity (Wildman–Crippen MR) is 90.3 cm³/mol. The van der Waals surface area contributed by atoms with Gasteiger partial charge < -0.3 is 5.73 Å². The first kappa shape index (κ1) is 16.9. The molecule has 2 unspecified atom stereocenters. The molecule has 0 amide bonds. The van der Waals surface area contributed by atoms with E-state index in [9.17, 15) is 0 Å². The highest BCUT2D eigenvalue weighted by Crippen LogP contribution is 2.20.